The lowest BCUT2D eigenvalue weighted by Crippen LogP contribution is -2.10. The normalized spacial score (nSPS) is 12.2. The second-order valence-corrected chi connectivity index (χ2v) is 4.53. The molecule has 1 atom stereocenters. The van der Waals surface area contributed by atoms with Gasteiger partial charge in [0.1, 0.15) is 17.3 Å². The van der Waals surface area contributed by atoms with Crippen molar-refractivity contribution in [1.82, 2.24) is 9.97 Å². The third-order valence-corrected chi connectivity index (χ3v) is 2.90. The summed E-state index contributed by atoms with van der Waals surface area (Å²) in [5.74, 6) is 3.31. The minimum Gasteiger partial charge on any atom is -0.466 e. The standard InChI is InChI=1S/C14H20N4O/c1-5-15-14-16-7-6-13(18-14)17-10(3)12-8-9(2)19-11(12)4/h6-8,10H,5H2,1-4H3,(H2,15,16,17,18). The molecule has 2 aromatic heterocycles. The Bertz CT molecular complexity index is 550. The molecule has 0 saturated heterocycles. The van der Waals surface area contributed by atoms with Crippen molar-refractivity contribution in [2.45, 2.75) is 33.7 Å². The monoisotopic (exact) mass is 260 g/mol. The number of nitrogens with zero attached hydrogens (tertiary/aromatic N) is 2. The first kappa shape index (κ1) is 13.4. The van der Waals surface area contributed by atoms with Crippen LogP contribution in [0.25, 0.3) is 0 Å². The lowest BCUT2D eigenvalue weighted by atomic mass is 10.1. The van der Waals surface area contributed by atoms with Crippen molar-refractivity contribution in [2.75, 3.05) is 17.2 Å². The van der Waals surface area contributed by atoms with Gasteiger partial charge in [0.25, 0.3) is 0 Å². The Kier molecular flexibility index (Phi) is 4.04. The van der Waals surface area contributed by atoms with E-state index in [0.29, 0.717) is 5.95 Å². The number of aromatic nitrogens is 2. The minimum absolute atomic E-state index is 0.141. The number of aryl methyl sites for hydroxylation is 2. The van der Waals surface area contributed by atoms with Gasteiger partial charge in [0, 0.05) is 18.3 Å². The van der Waals surface area contributed by atoms with Crippen LogP contribution in [-0.2, 0) is 0 Å². The zero-order chi connectivity index (χ0) is 13.8. The highest BCUT2D eigenvalue weighted by Gasteiger charge is 2.13. The molecule has 0 aliphatic rings. The van der Waals surface area contributed by atoms with Crippen molar-refractivity contribution in [3.63, 3.8) is 0 Å². The number of hydrogen-bond donors (Lipinski definition) is 2. The molecule has 0 aromatic carbocycles. The molecule has 0 fully saturated rings. The molecule has 2 heterocycles. The third-order valence-electron chi connectivity index (χ3n) is 2.90. The van der Waals surface area contributed by atoms with Crippen LogP contribution in [0.2, 0.25) is 0 Å². The summed E-state index contributed by atoms with van der Waals surface area (Å²) in [5, 5.41) is 6.46. The van der Waals surface area contributed by atoms with Crippen LogP contribution in [0.3, 0.4) is 0 Å². The Labute approximate surface area is 113 Å². The molecule has 0 bridgehead atoms. The van der Waals surface area contributed by atoms with Gasteiger partial charge in [0.15, 0.2) is 0 Å². The lowest BCUT2D eigenvalue weighted by Gasteiger charge is -2.14. The summed E-state index contributed by atoms with van der Waals surface area (Å²) in [6.45, 7) is 8.84. The summed E-state index contributed by atoms with van der Waals surface area (Å²) in [7, 11) is 0. The molecule has 2 N–H and O–H groups in total. The van der Waals surface area contributed by atoms with Crippen LogP contribution >= 0.6 is 0 Å². The first-order valence-electron chi connectivity index (χ1n) is 6.50. The number of nitrogens with one attached hydrogen (secondary N) is 2. The van der Waals surface area contributed by atoms with E-state index >= 15 is 0 Å². The molecule has 0 aliphatic carbocycles. The number of hydrogen-bond acceptors (Lipinski definition) is 5. The van der Waals surface area contributed by atoms with Gasteiger partial charge in [0.05, 0.1) is 6.04 Å². The Balaban J connectivity index is 2.12. The summed E-state index contributed by atoms with van der Waals surface area (Å²) in [6, 6.07) is 4.06. The first-order valence-corrected chi connectivity index (χ1v) is 6.50. The van der Waals surface area contributed by atoms with Gasteiger partial charge in [-0.1, -0.05) is 0 Å². The smallest absolute Gasteiger partial charge is 0.224 e. The maximum absolute atomic E-state index is 5.55. The molecule has 0 aliphatic heterocycles. The molecule has 0 spiro atoms. The Hall–Kier alpha value is -2.04. The Morgan fingerprint density at radius 1 is 1.37 bits per heavy atom. The van der Waals surface area contributed by atoms with E-state index in [-0.39, 0.29) is 6.04 Å². The molecule has 19 heavy (non-hydrogen) atoms. The van der Waals surface area contributed by atoms with Crippen LogP contribution in [0.15, 0.2) is 22.7 Å². The van der Waals surface area contributed by atoms with Gasteiger partial charge in [-0.2, -0.15) is 4.98 Å². The van der Waals surface area contributed by atoms with Gasteiger partial charge < -0.3 is 15.1 Å². The van der Waals surface area contributed by atoms with Crippen LogP contribution in [-0.4, -0.2) is 16.5 Å². The zero-order valence-corrected chi connectivity index (χ0v) is 11.8. The highest BCUT2D eigenvalue weighted by Crippen LogP contribution is 2.24. The number of rotatable bonds is 5. The van der Waals surface area contributed by atoms with Crippen molar-refractivity contribution in [1.29, 1.82) is 0 Å². The SMILES string of the molecule is CCNc1nccc(NC(C)c2cc(C)oc2C)n1. The lowest BCUT2D eigenvalue weighted by molar-refractivity contribution is 0.500. The summed E-state index contributed by atoms with van der Waals surface area (Å²) >= 11 is 0. The van der Waals surface area contributed by atoms with Crippen molar-refractivity contribution >= 4 is 11.8 Å². The molecule has 2 aromatic rings. The van der Waals surface area contributed by atoms with Crippen LogP contribution < -0.4 is 10.6 Å². The van der Waals surface area contributed by atoms with Gasteiger partial charge in [-0.05, 0) is 39.8 Å². The summed E-state index contributed by atoms with van der Waals surface area (Å²) in [5.41, 5.74) is 1.15. The van der Waals surface area contributed by atoms with Crippen LogP contribution in [0, 0.1) is 13.8 Å². The maximum Gasteiger partial charge on any atom is 0.224 e. The average molecular weight is 260 g/mol. The fraction of sp³-hybridized carbons (Fsp3) is 0.429. The van der Waals surface area contributed by atoms with E-state index in [1.807, 2.05) is 26.8 Å². The summed E-state index contributed by atoms with van der Waals surface area (Å²) in [6.07, 6.45) is 1.74. The van der Waals surface area contributed by atoms with E-state index in [1.54, 1.807) is 6.20 Å². The van der Waals surface area contributed by atoms with Crippen molar-refractivity contribution in [3.05, 3.63) is 35.4 Å². The van der Waals surface area contributed by atoms with Gasteiger partial charge in [-0.15, -0.1) is 0 Å². The molecule has 2 rings (SSSR count). The van der Waals surface area contributed by atoms with E-state index in [4.69, 9.17) is 4.42 Å². The zero-order valence-electron chi connectivity index (χ0n) is 11.8. The van der Waals surface area contributed by atoms with E-state index in [0.717, 1.165) is 29.4 Å². The molecule has 0 saturated carbocycles. The van der Waals surface area contributed by atoms with Gasteiger partial charge in [0.2, 0.25) is 5.95 Å². The van der Waals surface area contributed by atoms with E-state index in [9.17, 15) is 0 Å². The van der Waals surface area contributed by atoms with Crippen LogP contribution in [0.4, 0.5) is 11.8 Å². The second kappa shape index (κ2) is 5.73. The molecule has 102 valence electrons. The average Bonchev–Trinajstić information content (AvgIpc) is 2.69. The quantitative estimate of drug-likeness (QED) is 0.863. The third kappa shape index (κ3) is 3.24. The van der Waals surface area contributed by atoms with Crippen molar-refractivity contribution in [2.24, 2.45) is 0 Å². The Morgan fingerprint density at radius 2 is 2.16 bits per heavy atom. The van der Waals surface area contributed by atoms with Gasteiger partial charge in [-0.3, -0.25) is 0 Å². The van der Waals surface area contributed by atoms with Crippen molar-refractivity contribution in [3.8, 4) is 0 Å². The molecule has 1 unspecified atom stereocenters. The highest BCUT2D eigenvalue weighted by molar-refractivity contribution is 5.42. The highest BCUT2D eigenvalue weighted by atomic mass is 16.3. The van der Waals surface area contributed by atoms with Gasteiger partial charge in [-0.25, -0.2) is 4.98 Å². The summed E-state index contributed by atoms with van der Waals surface area (Å²) in [4.78, 5) is 8.55. The molecular formula is C14H20N4O. The molecule has 5 heteroatoms. The predicted octanol–water partition coefficient (Wildman–Crippen LogP) is 3.29. The van der Waals surface area contributed by atoms with E-state index in [1.165, 1.54) is 0 Å². The predicted molar refractivity (Wildman–Crippen MR) is 76.4 cm³/mol. The molecular weight excluding hydrogens is 240 g/mol. The molecule has 0 amide bonds. The second-order valence-electron chi connectivity index (χ2n) is 4.53. The first-order chi connectivity index (χ1) is 9.10. The van der Waals surface area contributed by atoms with E-state index in [2.05, 4.69) is 33.6 Å². The number of furan rings is 1. The van der Waals surface area contributed by atoms with Gasteiger partial charge >= 0.3 is 0 Å². The largest absolute Gasteiger partial charge is 0.466 e. The maximum atomic E-state index is 5.55. The fourth-order valence-electron chi connectivity index (χ4n) is 2.06. The fourth-order valence-corrected chi connectivity index (χ4v) is 2.06. The van der Waals surface area contributed by atoms with Crippen molar-refractivity contribution < 1.29 is 4.42 Å². The molecule has 5 nitrogen and oxygen atoms in total. The Morgan fingerprint density at radius 3 is 2.79 bits per heavy atom. The number of anilines is 2. The summed E-state index contributed by atoms with van der Waals surface area (Å²) < 4.78 is 5.55. The minimum atomic E-state index is 0.141. The van der Waals surface area contributed by atoms with Crippen LogP contribution in [0.1, 0.15) is 37.0 Å². The topological polar surface area (TPSA) is 63.0 Å². The molecule has 0 radical (unpaired) electrons. The van der Waals surface area contributed by atoms with Crippen LogP contribution in [0.5, 0.6) is 0 Å². The van der Waals surface area contributed by atoms with E-state index < -0.39 is 0 Å².